The molecular weight excluding hydrogens is 396 g/mol. The highest BCUT2D eigenvalue weighted by atomic mass is 16.3. The molecule has 2 aliphatic rings. The van der Waals surface area contributed by atoms with Gasteiger partial charge in [-0.05, 0) is 61.7 Å². The molecule has 8 nitrogen and oxygen atoms in total. The quantitative estimate of drug-likeness (QED) is 0.640. The Bertz CT molecular complexity index is 1160. The molecule has 0 atom stereocenters. The number of amides is 3. The molecule has 2 fully saturated rings. The number of fused-ring (bicyclic) bond motifs is 1. The predicted octanol–water partition coefficient (Wildman–Crippen LogP) is 3.20. The van der Waals surface area contributed by atoms with Crippen LogP contribution in [0.1, 0.15) is 47.8 Å². The summed E-state index contributed by atoms with van der Waals surface area (Å²) in [5, 5.41) is 5.38. The zero-order valence-corrected chi connectivity index (χ0v) is 16.9. The average molecular weight is 418 g/mol. The molecule has 1 aromatic heterocycles. The van der Waals surface area contributed by atoms with Crippen LogP contribution in [-0.2, 0) is 9.59 Å². The Morgan fingerprint density at radius 1 is 1.13 bits per heavy atom. The summed E-state index contributed by atoms with van der Waals surface area (Å²) in [4.78, 5) is 42.6. The second kappa shape index (κ2) is 7.86. The second-order valence-corrected chi connectivity index (χ2v) is 7.94. The van der Waals surface area contributed by atoms with Crippen LogP contribution in [0.5, 0.6) is 0 Å². The van der Waals surface area contributed by atoms with Crippen molar-refractivity contribution in [1.82, 2.24) is 10.3 Å². The van der Waals surface area contributed by atoms with Gasteiger partial charge in [-0.2, -0.15) is 0 Å². The van der Waals surface area contributed by atoms with E-state index in [1.807, 2.05) is 0 Å². The van der Waals surface area contributed by atoms with Gasteiger partial charge in [0.2, 0.25) is 11.8 Å². The van der Waals surface area contributed by atoms with Crippen molar-refractivity contribution >= 4 is 40.2 Å². The summed E-state index contributed by atoms with van der Waals surface area (Å²) >= 11 is 0. The van der Waals surface area contributed by atoms with Gasteiger partial charge in [0.05, 0.1) is 6.54 Å². The van der Waals surface area contributed by atoms with Crippen LogP contribution in [0.4, 0.5) is 11.4 Å². The van der Waals surface area contributed by atoms with Crippen LogP contribution in [0, 0.1) is 0 Å². The fraction of sp³-hybridized carbons (Fsp3) is 0.304. The maximum Gasteiger partial charge on any atom is 0.251 e. The number of nitrogens with one attached hydrogen (secondary N) is 2. The van der Waals surface area contributed by atoms with Crippen LogP contribution >= 0.6 is 0 Å². The van der Waals surface area contributed by atoms with Gasteiger partial charge < -0.3 is 20.0 Å². The van der Waals surface area contributed by atoms with Crippen molar-refractivity contribution in [3.8, 4) is 0 Å². The van der Waals surface area contributed by atoms with Gasteiger partial charge in [-0.25, -0.2) is 4.98 Å². The van der Waals surface area contributed by atoms with Crippen LogP contribution in [0.25, 0.3) is 11.1 Å². The molecule has 2 heterocycles. The van der Waals surface area contributed by atoms with Gasteiger partial charge in [0.1, 0.15) is 5.52 Å². The molecule has 3 aromatic rings. The maximum atomic E-state index is 12.4. The van der Waals surface area contributed by atoms with E-state index in [-0.39, 0.29) is 24.3 Å². The molecule has 1 saturated heterocycles. The molecule has 158 valence electrons. The zero-order chi connectivity index (χ0) is 21.4. The van der Waals surface area contributed by atoms with E-state index in [1.165, 1.54) is 0 Å². The van der Waals surface area contributed by atoms with E-state index in [1.54, 1.807) is 47.4 Å². The molecule has 0 unspecified atom stereocenters. The molecule has 5 rings (SSSR count). The standard InChI is InChI=1S/C23H22N4O4/c28-20(25-16-7-10-19-18(12-16)26-23(31-19)15-3-4-15)13-24-22(30)14-5-8-17(9-6-14)27-11-1-2-21(27)29/h5-10,12,15H,1-4,11,13H2,(H,24,30)(H,25,28). The van der Waals surface area contributed by atoms with E-state index >= 15 is 0 Å². The largest absolute Gasteiger partial charge is 0.440 e. The third-order valence-electron chi connectivity index (χ3n) is 5.54. The first kappa shape index (κ1) is 19.3. The smallest absolute Gasteiger partial charge is 0.251 e. The summed E-state index contributed by atoms with van der Waals surface area (Å²) in [7, 11) is 0. The minimum atomic E-state index is -0.351. The Balaban J connectivity index is 1.16. The van der Waals surface area contributed by atoms with Crippen molar-refractivity contribution < 1.29 is 18.8 Å². The topological polar surface area (TPSA) is 105 Å². The van der Waals surface area contributed by atoms with Crippen LogP contribution in [0.3, 0.4) is 0 Å². The number of anilines is 2. The molecule has 2 aromatic carbocycles. The van der Waals surface area contributed by atoms with E-state index in [0.717, 1.165) is 30.8 Å². The third-order valence-corrected chi connectivity index (χ3v) is 5.54. The number of rotatable bonds is 6. The molecule has 0 spiro atoms. The number of oxazole rings is 1. The highest BCUT2D eigenvalue weighted by Gasteiger charge is 2.29. The van der Waals surface area contributed by atoms with Crippen molar-refractivity contribution in [3.63, 3.8) is 0 Å². The number of hydrogen-bond acceptors (Lipinski definition) is 5. The molecule has 1 aliphatic carbocycles. The SMILES string of the molecule is O=C(CNC(=O)c1ccc(N2CCCC2=O)cc1)Nc1ccc2oc(C3CC3)nc2c1. The molecule has 2 N–H and O–H groups in total. The van der Waals surface area contributed by atoms with Crippen molar-refractivity contribution in [2.45, 2.75) is 31.6 Å². The van der Waals surface area contributed by atoms with Crippen LogP contribution in [0.2, 0.25) is 0 Å². The lowest BCUT2D eigenvalue weighted by Gasteiger charge is -2.15. The molecule has 0 radical (unpaired) electrons. The van der Waals surface area contributed by atoms with Gasteiger partial charge in [0.15, 0.2) is 11.5 Å². The van der Waals surface area contributed by atoms with E-state index in [4.69, 9.17) is 4.42 Å². The van der Waals surface area contributed by atoms with Crippen LogP contribution < -0.4 is 15.5 Å². The Morgan fingerprint density at radius 3 is 2.65 bits per heavy atom. The highest BCUT2D eigenvalue weighted by Crippen LogP contribution is 2.40. The molecule has 1 saturated carbocycles. The summed E-state index contributed by atoms with van der Waals surface area (Å²) in [5.74, 6) is 0.589. The zero-order valence-electron chi connectivity index (χ0n) is 16.9. The van der Waals surface area contributed by atoms with E-state index in [2.05, 4.69) is 15.6 Å². The Hall–Kier alpha value is -3.68. The number of hydrogen-bond donors (Lipinski definition) is 2. The van der Waals surface area contributed by atoms with E-state index < -0.39 is 0 Å². The van der Waals surface area contributed by atoms with Crippen molar-refractivity contribution in [1.29, 1.82) is 0 Å². The summed E-state index contributed by atoms with van der Waals surface area (Å²) in [6, 6.07) is 12.1. The predicted molar refractivity (Wildman–Crippen MR) is 115 cm³/mol. The number of aromatic nitrogens is 1. The highest BCUT2D eigenvalue weighted by molar-refractivity contribution is 6.00. The molecule has 31 heavy (non-hydrogen) atoms. The van der Waals surface area contributed by atoms with Gasteiger partial charge in [-0.1, -0.05) is 0 Å². The van der Waals surface area contributed by atoms with Crippen LogP contribution in [0.15, 0.2) is 46.9 Å². The summed E-state index contributed by atoms with van der Waals surface area (Å²) in [6.45, 7) is 0.544. The van der Waals surface area contributed by atoms with Crippen molar-refractivity contribution in [3.05, 3.63) is 53.9 Å². The molecule has 1 aliphatic heterocycles. The fourth-order valence-electron chi connectivity index (χ4n) is 3.71. The lowest BCUT2D eigenvalue weighted by atomic mass is 10.2. The first-order valence-corrected chi connectivity index (χ1v) is 10.5. The lowest BCUT2D eigenvalue weighted by Crippen LogP contribution is -2.32. The summed E-state index contributed by atoms with van der Waals surface area (Å²) in [5.41, 5.74) is 3.22. The molecule has 0 bridgehead atoms. The van der Waals surface area contributed by atoms with Crippen LogP contribution in [-0.4, -0.2) is 35.8 Å². The Labute approximate surface area is 178 Å². The van der Waals surface area contributed by atoms with Gasteiger partial charge in [0.25, 0.3) is 5.91 Å². The summed E-state index contributed by atoms with van der Waals surface area (Å²) < 4.78 is 5.72. The average Bonchev–Trinajstić information content (AvgIpc) is 3.40. The Morgan fingerprint density at radius 2 is 1.94 bits per heavy atom. The Kier molecular flexibility index (Phi) is 4.89. The monoisotopic (exact) mass is 418 g/mol. The molecular formula is C23H22N4O4. The fourth-order valence-corrected chi connectivity index (χ4v) is 3.71. The molecule has 8 heteroatoms. The second-order valence-electron chi connectivity index (χ2n) is 7.94. The lowest BCUT2D eigenvalue weighted by molar-refractivity contribution is -0.117. The van der Waals surface area contributed by atoms with Gasteiger partial charge >= 0.3 is 0 Å². The van der Waals surface area contributed by atoms with E-state index in [0.29, 0.717) is 41.2 Å². The normalized spacial score (nSPS) is 16.0. The van der Waals surface area contributed by atoms with Gasteiger partial charge in [-0.3, -0.25) is 14.4 Å². The van der Waals surface area contributed by atoms with Crippen molar-refractivity contribution in [2.24, 2.45) is 0 Å². The van der Waals surface area contributed by atoms with Gasteiger partial charge in [0, 0.05) is 35.8 Å². The minimum absolute atomic E-state index is 0.0986. The number of carbonyl (C=O) groups excluding carboxylic acids is 3. The maximum absolute atomic E-state index is 12.4. The number of benzene rings is 2. The van der Waals surface area contributed by atoms with E-state index in [9.17, 15) is 14.4 Å². The molecule has 3 amide bonds. The van der Waals surface area contributed by atoms with Crippen molar-refractivity contribution in [2.75, 3.05) is 23.3 Å². The summed E-state index contributed by atoms with van der Waals surface area (Å²) in [6.07, 6.45) is 3.62. The first-order chi connectivity index (χ1) is 15.1. The van der Waals surface area contributed by atoms with Gasteiger partial charge in [-0.15, -0.1) is 0 Å². The number of carbonyl (C=O) groups is 3. The minimum Gasteiger partial charge on any atom is -0.440 e. The number of nitrogens with zero attached hydrogens (tertiary/aromatic N) is 2. The first-order valence-electron chi connectivity index (χ1n) is 10.5. The third kappa shape index (κ3) is 4.14.